The third-order valence-electron chi connectivity index (χ3n) is 3.30. The molecule has 0 aromatic heterocycles. The zero-order valence-corrected chi connectivity index (χ0v) is 11.4. The molecule has 0 radical (unpaired) electrons. The maximum absolute atomic E-state index is 12.2. The minimum atomic E-state index is -0.934. The van der Waals surface area contributed by atoms with Crippen molar-refractivity contribution in [3.05, 3.63) is 0 Å². The van der Waals surface area contributed by atoms with Gasteiger partial charge in [0.05, 0.1) is 12.5 Å². The number of aliphatic carboxylic acids is 1. The van der Waals surface area contributed by atoms with Crippen molar-refractivity contribution in [2.75, 3.05) is 20.3 Å². The van der Waals surface area contributed by atoms with Crippen LogP contribution >= 0.6 is 0 Å². The van der Waals surface area contributed by atoms with Crippen LogP contribution in [0.25, 0.3) is 0 Å². The van der Waals surface area contributed by atoms with E-state index in [4.69, 9.17) is 4.74 Å². The molecular weight excluding hydrogens is 234 g/mol. The van der Waals surface area contributed by atoms with Gasteiger partial charge in [-0.05, 0) is 25.2 Å². The average molecular weight is 257 g/mol. The molecule has 2 unspecified atom stereocenters. The summed E-state index contributed by atoms with van der Waals surface area (Å²) in [7, 11) is 1.58. The highest BCUT2D eigenvalue weighted by Crippen LogP contribution is 2.19. The predicted octanol–water partition coefficient (Wildman–Crippen LogP) is 1.37. The Morgan fingerprint density at radius 2 is 2.11 bits per heavy atom. The summed E-state index contributed by atoms with van der Waals surface area (Å²) < 4.78 is 5.28. The molecule has 1 heterocycles. The first-order valence-corrected chi connectivity index (χ1v) is 6.50. The molecular formula is C13H23NO4. The molecule has 2 atom stereocenters. The summed E-state index contributed by atoms with van der Waals surface area (Å²) in [5, 5.41) is 9.21. The monoisotopic (exact) mass is 257 g/mol. The topological polar surface area (TPSA) is 66.8 Å². The molecule has 5 nitrogen and oxygen atoms in total. The summed E-state index contributed by atoms with van der Waals surface area (Å²) in [5.41, 5.74) is 0. The summed E-state index contributed by atoms with van der Waals surface area (Å²) in [6.45, 7) is 5.02. The van der Waals surface area contributed by atoms with E-state index in [9.17, 15) is 14.7 Å². The van der Waals surface area contributed by atoms with Crippen molar-refractivity contribution >= 4 is 11.9 Å². The SMILES string of the molecule is CC(C)CC(C(=O)O)N(C)C(=O)C1CCCOC1. The predicted molar refractivity (Wildman–Crippen MR) is 67.2 cm³/mol. The van der Waals surface area contributed by atoms with E-state index in [1.54, 1.807) is 7.05 Å². The van der Waals surface area contributed by atoms with Crippen molar-refractivity contribution in [3.63, 3.8) is 0 Å². The lowest BCUT2D eigenvalue weighted by Crippen LogP contribution is -2.47. The second-order valence-electron chi connectivity index (χ2n) is 5.35. The van der Waals surface area contributed by atoms with Gasteiger partial charge >= 0.3 is 5.97 Å². The van der Waals surface area contributed by atoms with E-state index in [-0.39, 0.29) is 17.7 Å². The third kappa shape index (κ3) is 3.98. The number of rotatable bonds is 5. The Morgan fingerprint density at radius 1 is 1.44 bits per heavy atom. The summed E-state index contributed by atoms with van der Waals surface area (Å²) in [4.78, 5) is 24.8. The second-order valence-corrected chi connectivity index (χ2v) is 5.35. The smallest absolute Gasteiger partial charge is 0.326 e. The number of carboxylic acids is 1. The fourth-order valence-electron chi connectivity index (χ4n) is 2.25. The molecule has 1 aliphatic heterocycles. The van der Waals surface area contributed by atoms with Gasteiger partial charge in [-0.3, -0.25) is 4.79 Å². The van der Waals surface area contributed by atoms with Gasteiger partial charge in [-0.15, -0.1) is 0 Å². The average Bonchev–Trinajstić information content (AvgIpc) is 2.34. The van der Waals surface area contributed by atoms with Gasteiger partial charge in [0, 0.05) is 13.7 Å². The summed E-state index contributed by atoms with van der Waals surface area (Å²) in [5.74, 6) is -0.985. The van der Waals surface area contributed by atoms with Crippen molar-refractivity contribution in [3.8, 4) is 0 Å². The Balaban J connectivity index is 2.65. The zero-order valence-electron chi connectivity index (χ0n) is 11.4. The van der Waals surface area contributed by atoms with Crippen LogP contribution in [0.4, 0.5) is 0 Å². The maximum Gasteiger partial charge on any atom is 0.326 e. The molecule has 0 saturated carbocycles. The molecule has 0 bridgehead atoms. The van der Waals surface area contributed by atoms with Crippen LogP contribution in [0.1, 0.15) is 33.1 Å². The number of carbonyl (C=O) groups excluding carboxylic acids is 1. The van der Waals surface area contributed by atoms with Crippen LogP contribution < -0.4 is 0 Å². The number of hydrogen-bond donors (Lipinski definition) is 1. The van der Waals surface area contributed by atoms with E-state index >= 15 is 0 Å². The van der Waals surface area contributed by atoms with Crippen LogP contribution in [0.5, 0.6) is 0 Å². The number of carbonyl (C=O) groups is 2. The minimum Gasteiger partial charge on any atom is -0.480 e. The quantitative estimate of drug-likeness (QED) is 0.807. The number of amides is 1. The Bertz CT molecular complexity index is 297. The van der Waals surface area contributed by atoms with E-state index in [2.05, 4.69) is 0 Å². The first kappa shape index (κ1) is 15.0. The highest BCUT2D eigenvalue weighted by molar-refractivity contribution is 5.85. The fraction of sp³-hybridized carbons (Fsp3) is 0.846. The number of likely N-dealkylation sites (N-methyl/N-ethyl adjacent to an activating group) is 1. The van der Waals surface area contributed by atoms with Crippen LogP contribution in [-0.2, 0) is 14.3 Å². The van der Waals surface area contributed by atoms with Gasteiger partial charge in [-0.2, -0.15) is 0 Å². The molecule has 0 aromatic rings. The zero-order chi connectivity index (χ0) is 13.7. The van der Waals surface area contributed by atoms with Crippen LogP contribution in [0.2, 0.25) is 0 Å². The molecule has 1 rings (SSSR count). The van der Waals surface area contributed by atoms with Crippen molar-refractivity contribution in [2.45, 2.75) is 39.2 Å². The van der Waals surface area contributed by atoms with Gasteiger partial charge in [-0.1, -0.05) is 13.8 Å². The molecule has 0 aromatic carbocycles. The van der Waals surface area contributed by atoms with E-state index in [0.29, 0.717) is 19.6 Å². The molecule has 1 aliphatic rings. The van der Waals surface area contributed by atoms with E-state index in [1.165, 1.54) is 4.90 Å². The standard InChI is InChI=1S/C13H23NO4/c1-9(2)7-11(13(16)17)14(3)12(15)10-5-4-6-18-8-10/h9-11H,4-8H2,1-3H3,(H,16,17). The largest absolute Gasteiger partial charge is 0.480 e. The number of carboxylic acid groups (broad SMARTS) is 1. The number of ether oxygens (including phenoxy) is 1. The lowest BCUT2D eigenvalue weighted by molar-refractivity contribution is -0.153. The fourth-order valence-corrected chi connectivity index (χ4v) is 2.25. The highest BCUT2D eigenvalue weighted by Gasteiger charge is 2.32. The Morgan fingerprint density at radius 3 is 2.56 bits per heavy atom. The van der Waals surface area contributed by atoms with Crippen LogP contribution in [-0.4, -0.2) is 48.2 Å². The van der Waals surface area contributed by atoms with Gasteiger partial charge in [0.15, 0.2) is 0 Å². The first-order chi connectivity index (χ1) is 8.43. The van der Waals surface area contributed by atoms with Gasteiger partial charge in [0.2, 0.25) is 5.91 Å². The summed E-state index contributed by atoms with van der Waals surface area (Å²) in [6.07, 6.45) is 2.13. The third-order valence-corrected chi connectivity index (χ3v) is 3.30. The second kappa shape index (κ2) is 6.73. The number of nitrogens with zero attached hydrogens (tertiary/aromatic N) is 1. The molecule has 5 heteroatoms. The molecule has 1 amide bonds. The van der Waals surface area contributed by atoms with Gasteiger partial charge in [-0.25, -0.2) is 4.79 Å². The normalized spacial score (nSPS) is 21.7. The summed E-state index contributed by atoms with van der Waals surface area (Å²) in [6, 6.07) is -0.737. The molecule has 1 N–H and O–H groups in total. The van der Waals surface area contributed by atoms with Crippen molar-refractivity contribution in [2.24, 2.45) is 11.8 Å². The lowest BCUT2D eigenvalue weighted by atomic mass is 9.97. The van der Waals surface area contributed by atoms with E-state index < -0.39 is 12.0 Å². The molecule has 1 fully saturated rings. The molecule has 0 aliphatic carbocycles. The van der Waals surface area contributed by atoms with Gasteiger partial charge in [0.1, 0.15) is 6.04 Å². The molecule has 18 heavy (non-hydrogen) atoms. The Labute approximate surface area is 108 Å². The van der Waals surface area contributed by atoms with Crippen molar-refractivity contribution in [1.82, 2.24) is 4.90 Å². The summed E-state index contributed by atoms with van der Waals surface area (Å²) >= 11 is 0. The van der Waals surface area contributed by atoms with Crippen LogP contribution in [0, 0.1) is 11.8 Å². The van der Waals surface area contributed by atoms with Crippen LogP contribution in [0.3, 0.4) is 0 Å². The van der Waals surface area contributed by atoms with Crippen molar-refractivity contribution in [1.29, 1.82) is 0 Å². The highest BCUT2D eigenvalue weighted by atomic mass is 16.5. The molecule has 0 spiro atoms. The van der Waals surface area contributed by atoms with E-state index in [0.717, 1.165) is 12.8 Å². The van der Waals surface area contributed by atoms with Crippen LogP contribution in [0.15, 0.2) is 0 Å². The Kier molecular flexibility index (Phi) is 5.59. The Hall–Kier alpha value is -1.10. The van der Waals surface area contributed by atoms with Crippen molar-refractivity contribution < 1.29 is 19.4 Å². The molecule has 1 saturated heterocycles. The molecule has 104 valence electrons. The number of hydrogen-bond acceptors (Lipinski definition) is 3. The minimum absolute atomic E-state index is 0.109. The maximum atomic E-state index is 12.2. The lowest BCUT2D eigenvalue weighted by Gasteiger charge is -2.31. The van der Waals surface area contributed by atoms with Gasteiger partial charge in [0.25, 0.3) is 0 Å². The van der Waals surface area contributed by atoms with Gasteiger partial charge < -0.3 is 14.7 Å². The first-order valence-electron chi connectivity index (χ1n) is 6.50. The van der Waals surface area contributed by atoms with E-state index in [1.807, 2.05) is 13.8 Å².